The molecule has 1 saturated carbocycles. The van der Waals surface area contributed by atoms with E-state index in [1.54, 1.807) is 13.2 Å². The molecule has 3 heterocycles. The third-order valence-corrected chi connectivity index (χ3v) is 4.62. The van der Waals surface area contributed by atoms with Gasteiger partial charge >= 0.3 is 0 Å². The Labute approximate surface area is 144 Å². The number of hydrogen-bond donors (Lipinski definition) is 2. The van der Waals surface area contributed by atoms with Crippen molar-refractivity contribution in [2.24, 2.45) is 5.73 Å². The summed E-state index contributed by atoms with van der Waals surface area (Å²) in [5.74, 6) is 2.06. The predicted molar refractivity (Wildman–Crippen MR) is 92.4 cm³/mol. The Kier molecular flexibility index (Phi) is 3.52. The number of nitrogens with one attached hydrogen (secondary N) is 1. The lowest BCUT2D eigenvalue weighted by molar-refractivity contribution is 0.1000. The van der Waals surface area contributed by atoms with Gasteiger partial charge in [0.05, 0.1) is 17.2 Å². The van der Waals surface area contributed by atoms with Gasteiger partial charge in [-0.1, -0.05) is 0 Å². The number of carbonyl (C=O) groups is 1. The van der Waals surface area contributed by atoms with Crippen LogP contribution in [-0.2, 0) is 12.8 Å². The number of aryl methyl sites for hydroxylation is 3. The van der Waals surface area contributed by atoms with Crippen LogP contribution in [0.15, 0.2) is 27.2 Å². The molecule has 3 aromatic rings. The molecule has 4 rings (SSSR count). The third kappa shape index (κ3) is 2.97. The van der Waals surface area contributed by atoms with Crippen molar-refractivity contribution >= 4 is 22.8 Å². The van der Waals surface area contributed by atoms with Gasteiger partial charge in [0, 0.05) is 18.4 Å². The summed E-state index contributed by atoms with van der Waals surface area (Å²) in [6, 6.07) is 3.78. The average molecular weight is 340 g/mol. The highest BCUT2D eigenvalue weighted by molar-refractivity contribution is 6.09. The van der Waals surface area contributed by atoms with Gasteiger partial charge in [0.25, 0.3) is 5.91 Å². The molecule has 3 N–H and O–H groups in total. The molecule has 25 heavy (non-hydrogen) atoms. The Bertz CT molecular complexity index is 939. The minimum atomic E-state index is -0.535. The zero-order valence-corrected chi connectivity index (χ0v) is 14.3. The highest BCUT2D eigenvalue weighted by Crippen LogP contribution is 2.40. The molecule has 7 nitrogen and oxygen atoms in total. The second-order valence-electron chi connectivity index (χ2n) is 6.83. The fourth-order valence-electron chi connectivity index (χ4n) is 2.94. The van der Waals surface area contributed by atoms with Gasteiger partial charge in [0.15, 0.2) is 0 Å². The SMILES string of the molecule is Cc1oc2nc(CCc3ccco3)nc(NC3(C)CC3)c2c1C(N)=O. The molecule has 3 aromatic heterocycles. The van der Waals surface area contributed by atoms with Crippen molar-refractivity contribution in [1.29, 1.82) is 0 Å². The molecule has 130 valence electrons. The predicted octanol–water partition coefficient (Wildman–Crippen LogP) is 2.97. The highest BCUT2D eigenvalue weighted by Gasteiger charge is 2.38. The van der Waals surface area contributed by atoms with Gasteiger partial charge in [-0.25, -0.2) is 4.98 Å². The molecular weight excluding hydrogens is 320 g/mol. The Hall–Kier alpha value is -2.83. The van der Waals surface area contributed by atoms with Gasteiger partial charge in [0.2, 0.25) is 5.71 Å². The topological polar surface area (TPSA) is 107 Å². The molecule has 0 aliphatic heterocycles. The van der Waals surface area contributed by atoms with Crippen LogP contribution in [0.3, 0.4) is 0 Å². The van der Waals surface area contributed by atoms with Crippen molar-refractivity contribution in [1.82, 2.24) is 9.97 Å². The average Bonchev–Trinajstić information content (AvgIpc) is 2.98. The van der Waals surface area contributed by atoms with Crippen molar-refractivity contribution in [3.05, 3.63) is 41.3 Å². The lowest BCUT2D eigenvalue weighted by Gasteiger charge is -2.14. The van der Waals surface area contributed by atoms with Crippen LogP contribution in [0.2, 0.25) is 0 Å². The lowest BCUT2D eigenvalue weighted by atomic mass is 10.1. The van der Waals surface area contributed by atoms with E-state index in [1.165, 1.54) is 0 Å². The summed E-state index contributed by atoms with van der Waals surface area (Å²) in [4.78, 5) is 21.0. The number of aromatic nitrogens is 2. The number of furan rings is 2. The monoisotopic (exact) mass is 340 g/mol. The molecule has 0 unspecified atom stereocenters. The molecule has 1 amide bonds. The first kappa shape index (κ1) is 15.7. The Morgan fingerprint density at radius 2 is 2.16 bits per heavy atom. The van der Waals surface area contributed by atoms with Crippen LogP contribution >= 0.6 is 0 Å². The van der Waals surface area contributed by atoms with E-state index >= 15 is 0 Å². The second kappa shape index (κ2) is 5.61. The maximum atomic E-state index is 11.9. The number of carbonyl (C=O) groups excluding carboxylic acids is 1. The largest absolute Gasteiger partial charge is 0.469 e. The van der Waals surface area contributed by atoms with Crippen molar-refractivity contribution in [2.45, 2.75) is 45.1 Å². The van der Waals surface area contributed by atoms with E-state index in [4.69, 9.17) is 14.6 Å². The number of rotatable bonds is 6. The van der Waals surface area contributed by atoms with E-state index in [1.807, 2.05) is 12.1 Å². The zero-order chi connectivity index (χ0) is 17.6. The number of hydrogen-bond acceptors (Lipinski definition) is 6. The number of amides is 1. The van der Waals surface area contributed by atoms with Gasteiger partial charge < -0.3 is 19.9 Å². The Morgan fingerprint density at radius 1 is 1.36 bits per heavy atom. The number of anilines is 1. The summed E-state index contributed by atoms with van der Waals surface area (Å²) < 4.78 is 11.1. The number of nitrogens with zero attached hydrogens (tertiary/aromatic N) is 2. The minimum Gasteiger partial charge on any atom is -0.469 e. The summed E-state index contributed by atoms with van der Waals surface area (Å²) >= 11 is 0. The number of nitrogens with two attached hydrogens (primary N) is 1. The quantitative estimate of drug-likeness (QED) is 0.714. The van der Waals surface area contributed by atoms with Gasteiger partial charge in [-0.05, 0) is 38.8 Å². The van der Waals surface area contributed by atoms with Gasteiger partial charge in [-0.15, -0.1) is 0 Å². The summed E-state index contributed by atoms with van der Waals surface area (Å²) in [6.45, 7) is 3.84. The summed E-state index contributed by atoms with van der Waals surface area (Å²) in [5, 5.41) is 4.00. The van der Waals surface area contributed by atoms with Crippen molar-refractivity contribution < 1.29 is 13.6 Å². The minimum absolute atomic E-state index is 0.000342. The van der Waals surface area contributed by atoms with Crippen molar-refractivity contribution in [2.75, 3.05) is 5.32 Å². The van der Waals surface area contributed by atoms with Crippen LogP contribution in [0.1, 0.15) is 47.5 Å². The molecule has 1 fully saturated rings. The first-order valence-corrected chi connectivity index (χ1v) is 8.35. The lowest BCUT2D eigenvalue weighted by Crippen LogP contribution is -2.19. The normalized spacial score (nSPS) is 15.4. The highest BCUT2D eigenvalue weighted by atomic mass is 16.3. The summed E-state index contributed by atoms with van der Waals surface area (Å²) in [6.07, 6.45) is 5.07. The fourth-order valence-corrected chi connectivity index (χ4v) is 2.94. The van der Waals surface area contributed by atoms with Crippen LogP contribution in [0, 0.1) is 6.92 Å². The fraction of sp³-hybridized carbons (Fsp3) is 0.389. The van der Waals surface area contributed by atoms with Crippen LogP contribution in [-0.4, -0.2) is 21.4 Å². The molecule has 0 aromatic carbocycles. The standard InChI is InChI=1S/C18H20N4O3/c1-10-13(15(19)23)14-16(22-18(2)7-8-18)20-12(21-17(14)25-10)6-5-11-4-3-9-24-11/h3-4,9H,5-8H2,1-2H3,(H2,19,23)(H,20,21,22). The van der Waals surface area contributed by atoms with E-state index in [-0.39, 0.29) is 5.54 Å². The van der Waals surface area contributed by atoms with E-state index in [2.05, 4.69) is 22.2 Å². The van der Waals surface area contributed by atoms with Crippen molar-refractivity contribution in [3.8, 4) is 0 Å². The van der Waals surface area contributed by atoms with Crippen LogP contribution in [0.25, 0.3) is 11.1 Å². The van der Waals surface area contributed by atoms with E-state index in [0.717, 1.165) is 18.6 Å². The molecule has 1 aliphatic rings. The van der Waals surface area contributed by atoms with Gasteiger partial charge in [-0.2, -0.15) is 4.98 Å². The first-order chi connectivity index (χ1) is 12.0. The van der Waals surface area contributed by atoms with Crippen LogP contribution < -0.4 is 11.1 Å². The van der Waals surface area contributed by atoms with E-state index in [9.17, 15) is 4.79 Å². The molecule has 0 spiro atoms. The third-order valence-electron chi connectivity index (χ3n) is 4.62. The van der Waals surface area contributed by atoms with Crippen LogP contribution in [0.4, 0.5) is 5.82 Å². The zero-order valence-electron chi connectivity index (χ0n) is 14.3. The van der Waals surface area contributed by atoms with Crippen LogP contribution in [0.5, 0.6) is 0 Å². The van der Waals surface area contributed by atoms with Gasteiger partial charge in [0.1, 0.15) is 23.2 Å². The molecule has 1 aliphatic carbocycles. The Balaban J connectivity index is 1.76. The van der Waals surface area contributed by atoms with Crippen molar-refractivity contribution in [3.63, 3.8) is 0 Å². The van der Waals surface area contributed by atoms with E-state index in [0.29, 0.717) is 46.9 Å². The molecule has 0 bridgehead atoms. The van der Waals surface area contributed by atoms with E-state index < -0.39 is 5.91 Å². The second-order valence-corrected chi connectivity index (χ2v) is 6.83. The molecule has 0 saturated heterocycles. The van der Waals surface area contributed by atoms with Gasteiger partial charge in [-0.3, -0.25) is 4.79 Å². The molecule has 0 atom stereocenters. The maximum Gasteiger partial charge on any atom is 0.253 e. The Morgan fingerprint density at radius 3 is 2.80 bits per heavy atom. The maximum absolute atomic E-state index is 11.9. The molecule has 7 heteroatoms. The number of primary amides is 1. The first-order valence-electron chi connectivity index (χ1n) is 8.35. The summed E-state index contributed by atoms with van der Waals surface area (Å²) in [5.41, 5.74) is 6.28. The summed E-state index contributed by atoms with van der Waals surface area (Å²) in [7, 11) is 0. The molecular formula is C18H20N4O3. The smallest absolute Gasteiger partial charge is 0.253 e. The molecule has 0 radical (unpaired) electrons. The number of fused-ring (bicyclic) bond motifs is 1.